The van der Waals surface area contributed by atoms with E-state index in [9.17, 15) is 0 Å². The fourth-order valence-corrected chi connectivity index (χ4v) is 4.15. The lowest BCUT2D eigenvalue weighted by Crippen LogP contribution is -3.00. The van der Waals surface area contributed by atoms with E-state index in [2.05, 4.69) is 56.1 Å². The van der Waals surface area contributed by atoms with Crippen molar-refractivity contribution in [2.45, 2.75) is 142 Å². The first kappa shape index (κ1) is 42.4. The summed E-state index contributed by atoms with van der Waals surface area (Å²) in [7, 11) is 14.5. The van der Waals surface area contributed by atoms with Gasteiger partial charge in [0.1, 0.15) is 0 Å². The smallest absolute Gasteiger partial charge is 0.0780 e. The molecule has 0 saturated heterocycles. The van der Waals surface area contributed by atoms with Crippen LogP contribution in [0, 0.1) is 0 Å². The van der Waals surface area contributed by atoms with Crippen molar-refractivity contribution in [3.05, 3.63) is 0 Å². The van der Waals surface area contributed by atoms with E-state index < -0.39 is 0 Å². The summed E-state index contributed by atoms with van der Waals surface area (Å²) in [5.41, 5.74) is 0. The molecule has 0 spiro atoms. The number of halogens is 1. The largest absolute Gasteiger partial charge is 1.00 e. The SMILES string of the molecule is CCCCCCCCCCCC[N+](C)(C)C.CCCCCCCCCCCC[N+](C)(C)C.C[O-].[Br-]. The standard InChI is InChI=1S/2C15H34N.CH3O.BrH/c2*1-5-6-7-8-9-10-11-12-13-14-15-16(2,3)4;1-2;/h2*5-15H2,1-4H3;1H3;1H/q2*+1;-1;/p-1. The number of quaternary nitrogens is 2. The molecule has 0 bridgehead atoms. The molecule has 0 aromatic rings. The number of hydrogen-bond donors (Lipinski definition) is 0. The van der Waals surface area contributed by atoms with Crippen molar-refractivity contribution in [3.8, 4) is 0 Å². The summed E-state index contributed by atoms with van der Waals surface area (Å²) in [5.74, 6) is 0. The Kier molecular flexibility index (Phi) is 39.3. The van der Waals surface area contributed by atoms with Gasteiger partial charge in [0.25, 0.3) is 0 Å². The average Bonchev–Trinajstić information content (AvgIpc) is 2.77. The molecule has 0 aliphatic rings. The Bertz CT molecular complexity index is 317. The first-order valence-corrected chi connectivity index (χ1v) is 15.1. The van der Waals surface area contributed by atoms with E-state index in [0.717, 1.165) is 16.1 Å². The minimum atomic E-state index is 0. The zero-order valence-corrected chi connectivity index (χ0v) is 27.8. The summed E-state index contributed by atoms with van der Waals surface area (Å²) in [6.45, 7) is 7.23. The Labute approximate surface area is 235 Å². The maximum absolute atomic E-state index is 8.25. The Hall–Kier alpha value is 0.360. The zero-order chi connectivity index (χ0) is 26.6. The Morgan fingerprint density at radius 3 is 0.686 bits per heavy atom. The molecule has 0 aromatic carbocycles. The van der Waals surface area contributed by atoms with Crippen LogP contribution in [0.5, 0.6) is 0 Å². The molecule has 0 fully saturated rings. The Morgan fingerprint density at radius 2 is 0.514 bits per heavy atom. The van der Waals surface area contributed by atoms with Gasteiger partial charge in [-0.2, -0.15) is 7.11 Å². The van der Waals surface area contributed by atoms with Crippen molar-refractivity contribution in [3.63, 3.8) is 0 Å². The molecular formula is C31H71BrN2O. The lowest BCUT2D eigenvalue weighted by atomic mass is 10.1. The molecule has 0 aliphatic heterocycles. The van der Waals surface area contributed by atoms with Gasteiger partial charge in [-0.1, -0.05) is 117 Å². The summed E-state index contributed by atoms with van der Waals surface area (Å²) >= 11 is 0. The normalized spacial score (nSPS) is 11.1. The van der Waals surface area contributed by atoms with Crippen molar-refractivity contribution in [2.75, 3.05) is 62.5 Å². The van der Waals surface area contributed by atoms with E-state index >= 15 is 0 Å². The van der Waals surface area contributed by atoms with Crippen LogP contribution in [0.25, 0.3) is 0 Å². The second-order valence-electron chi connectivity index (χ2n) is 12.4. The molecule has 0 atom stereocenters. The summed E-state index contributed by atoms with van der Waals surface area (Å²) < 4.78 is 2.24. The number of rotatable bonds is 22. The predicted octanol–water partition coefficient (Wildman–Crippen LogP) is 5.21. The molecule has 4 heteroatoms. The highest BCUT2D eigenvalue weighted by Crippen LogP contribution is 2.12. The van der Waals surface area contributed by atoms with E-state index in [1.807, 2.05) is 0 Å². The van der Waals surface area contributed by atoms with Gasteiger partial charge in [-0.05, 0) is 25.7 Å². The van der Waals surface area contributed by atoms with Crippen LogP contribution in [0.15, 0.2) is 0 Å². The van der Waals surface area contributed by atoms with E-state index in [4.69, 9.17) is 5.11 Å². The summed E-state index contributed by atoms with van der Waals surface area (Å²) in [5, 5.41) is 8.25. The topological polar surface area (TPSA) is 23.1 Å². The highest BCUT2D eigenvalue weighted by molar-refractivity contribution is 4.48. The third-order valence-electron chi connectivity index (χ3n) is 6.36. The van der Waals surface area contributed by atoms with Gasteiger partial charge in [0.2, 0.25) is 0 Å². The molecule has 218 valence electrons. The maximum Gasteiger partial charge on any atom is 0.0780 e. The van der Waals surface area contributed by atoms with E-state index in [-0.39, 0.29) is 17.0 Å². The molecule has 0 radical (unpaired) electrons. The van der Waals surface area contributed by atoms with Crippen LogP contribution in [0.2, 0.25) is 0 Å². The Balaban J connectivity index is -0.000000249. The van der Waals surface area contributed by atoms with E-state index in [1.54, 1.807) is 0 Å². The van der Waals surface area contributed by atoms with Crippen molar-refractivity contribution in [1.82, 2.24) is 0 Å². The van der Waals surface area contributed by atoms with Crippen LogP contribution in [0.1, 0.15) is 142 Å². The monoisotopic (exact) mass is 566 g/mol. The summed E-state index contributed by atoms with van der Waals surface area (Å²) in [6, 6.07) is 0. The highest BCUT2D eigenvalue weighted by Gasteiger charge is 2.05. The molecule has 0 unspecified atom stereocenters. The Morgan fingerprint density at radius 1 is 0.343 bits per heavy atom. The fourth-order valence-electron chi connectivity index (χ4n) is 4.15. The van der Waals surface area contributed by atoms with Gasteiger partial charge in [-0.3, -0.25) is 0 Å². The molecule has 0 aliphatic carbocycles. The predicted molar refractivity (Wildman–Crippen MR) is 155 cm³/mol. The van der Waals surface area contributed by atoms with Gasteiger partial charge in [-0.15, -0.1) is 0 Å². The van der Waals surface area contributed by atoms with Crippen LogP contribution in [-0.4, -0.2) is 71.5 Å². The first-order chi connectivity index (χ1) is 16.1. The molecular weight excluding hydrogens is 496 g/mol. The highest BCUT2D eigenvalue weighted by atomic mass is 79.9. The molecule has 0 amide bonds. The van der Waals surface area contributed by atoms with Crippen LogP contribution < -0.4 is 22.1 Å². The van der Waals surface area contributed by atoms with Crippen LogP contribution >= 0.6 is 0 Å². The van der Waals surface area contributed by atoms with Gasteiger partial charge in [-0.25, -0.2) is 0 Å². The van der Waals surface area contributed by atoms with E-state index in [1.165, 1.54) is 142 Å². The average molecular weight is 568 g/mol. The van der Waals surface area contributed by atoms with Gasteiger partial charge in [0, 0.05) is 0 Å². The second-order valence-corrected chi connectivity index (χ2v) is 12.4. The lowest BCUT2D eigenvalue weighted by molar-refractivity contribution is -0.870. The van der Waals surface area contributed by atoms with Crippen molar-refractivity contribution >= 4 is 0 Å². The van der Waals surface area contributed by atoms with Crippen molar-refractivity contribution in [1.29, 1.82) is 0 Å². The molecule has 0 saturated carbocycles. The third kappa shape index (κ3) is 51.8. The minimum Gasteiger partial charge on any atom is -1.00 e. The second kappa shape index (κ2) is 32.4. The quantitative estimate of drug-likeness (QED) is 0.130. The molecule has 35 heavy (non-hydrogen) atoms. The van der Waals surface area contributed by atoms with Gasteiger partial charge in [0.15, 0.2) is 0 Å². The molecule has 0 heterocycles. The third-order valence-corrected chi connectivity index (χ3v) is 6.36. The van der Waals surface area contributed by atoms with Crippen LogP contribution in [0.4, 0.5) is 0 Å². The van der Waals surface area contributed by atoms with Crippen molar-refractivity contribution < 1.29 is 31.1 Å². The molecule has 0 rings (SSSR count). The molecule has 0 N–H and O–H groups in total. The van der Waals surface area contributed by atoms with Gasteiger partial charge < -0.3 is 31.1 Å². The van der Waals surface area contributed by atoms with Gasteiger partial charge >= 0.3 is 0 Å². The zero-order valence-electron chi connectivity index (χ0n) is 26.2. The number of nitrogens with zero attached hydrogens (tertiary/aromatic N) is 2. The lowest BCUT2D eigenvalue weighted by Gasteiger charge is -2.23. The number of unbranched alkanes of at least 4 members (excludes halogenated alkanes) is 18. The van der Waals surface area contributed by atoms with Crippen molar-refractivity contribution in [2.24, 2.45) is 0 Å². The first-order valence-electron chi connectivity index (χ1n) is 15.1. The molecule has 0 aromatic heterocycles. The number of hydrogen-bond acceptors (Lipinski definition) is 1. The van der Waals surface area contributed by atoms with Crippen LogP contribution in [-0.2, 0) is 0 Å². The summed E-state index contributed by atoms with van der Waals surface area (Å²) in [6.07, 6.45) is 28.8. The fraction of sp³-hybridized carbons (Fsp3) is 1.00. The molecule has 3 nitrogen and oxygen atoms in total. The van der Waals surface area contributed by atoms with E-state index in [0.29, 0.717) is 0 Å². The minimum absolute atomic E-state index is 0. The maximum atomic E-state index is 8.25. The van der Waals surface area contributed by atoms with Crippen LogP contribution in [0.3, 0.4) is 0 Å². The van der Waals surface area contributed by atoms with Gasteiger partial charge in [0.05, 0.1) is 55.4 Å². The summed E-state index contributed by atoms with van der Waals surface area (Å²) in [4.78, 5) is 0.